The standard InChI is InChI=1S/C27H25ClF3N7O2/c1-14-7-23(39)38(13-14)22-6-3-16(35-15(22)2)9-33-10-17(8-32)36-27(40)21-12-34-11-20(37-21)24-18(26(30)31)4-5-19(28)25(24)29/h3-6,8,10-12,14,26,32-33H,7,9,13H2,1-2H3,(H,36,40)/b17-10+,32-8?/t14-/m0/s1. The number of halogens is 4. The molecule has 3 heterocycles. The number of carbonyl (C=O) groups is 2. The maximum Gasteiger partial charge on any atom is 0.275 e. The monoisotopic (exact) mass is 571 g/mol. The Bertz CT molecular complexity index is 1500. The molecule has 40 heavy (non-hydrogen) atoms. The van der Waals surface area contributed by atoms with Crippen molar-refractivity contribution < 1.29 is 22.8 Å². The number of nitrogens with zero attached hydrogens (tertiary/aromatic N) is 4. The van der Waals surface area contributed by atoms with Crippen LogP contribution in [0.25, 0.3) is 11.3 Å². The third kappa shape index (κ3) is 6.28. The Morgan fingerprint density at radius 3 is 2.67 bits per heavy atom. The average molecular weight is 572 g/mol. The first-order valence-electron chi connectivity index (χ1n) is 12.2. The second-order valence-corrected chi connectivity index (χ2v) is 9.62. The molecule has 1 fully saturated rings. The lowest BCUT2D eigenvalue weighted by molar-refractivity contribution is -0.117. The molecule has 1 aromatic carbocycles. The van der Waals surface area contributed by atoms with E-state index in [9.17, 15) is 22.8 Å². The second kappa shape index (κ2) is 12.2. The number of nitrogens with one attached hydrogen (secondary N) is 3. The highest BCUT2D eigenvalue weighted by Crippen LogP contribution is 2.35. The van der Waals surface area contributed by atoms with E-state index in [0.29, 0.717) is 24.4 Å². The Hall–Kier alpha value is -4.32. The van der Waals surface area contributed by atoms with Gasteiger partial charge in [-0.3, -0.25) is 19.6 Å². The van der Waals surface area contributed by atoms with Crippen molar-refractivity contribution in [2.45, 2.75) is 33.2 Å². The number of anilines is 1. The van der Waals surface area contributed by atoms with Gasteiger partial charge < -0.3 is 20.9 Å². The number of aromatic nitrogens is 3. The van der Waals surface area contributed by atoms with Crippen LogP contribution >= 0.6 is 11.6 Å². The van der Waals surface area contributed by atoms with Crippen LogP contribution in [0, 0.1) is 24.1 Å². The smallest absolute Gasteiger partial charge is 0.275 e. The second-order valence-electron chi connectivity index (χ2n) is 9.22. The number of pyridine rings is 1. The van der Waals surface area contributed by atoms with Gasteiger partial charge in [0.1, 0.15) is 5.69 Å². The molecule has 1 aliphatic rings. The highest BCUT2D eigenvalue weighted by molar-refractivity contribution is 6.31. The molecule has 0 radical (unpaired) electrons. The van der Waals surface area contributed by atoms with Crippen LogP contribution in [0.15, 0.2) is 48.6 Å². The first-order valence-corrected chi connectivity index (χ1v) is 12.6. The molecule has 2 amide bonds. The van der Waals surface area contributed by atoms with E-state index in [1.807, 2.05) is 19.9 Å². The third-order valence-corrected chi connectivity index (χ3v) is 6.46. The molecule has 1 atom stereocenters. The zero-order valence-corrected chi connectivity index (χ0v) is 22.3. The summed E-state index contributed by atoms with van der Waals surface area (Å²) in [6, 6.07) is 5.62. The number of amides is 2. The van der Waals surface area contributed by atoms with Gasteiger partial charge in [0.05, 0.1) is 52.4 Å². The van der Waals surface area contributed by atoms with Crippen LogP contribution in [0.1, 0.15) is 47.2 Å². The molecule has 0 aliphatic carbocycles. The van der Waals surface area contributed by atoms with Crippen molar-refractivity contribution in [3.63, 3.8) is 0 Å². The molecular formula is C27H25ClF3N7O2. The highest BCUT2D eigenvalue weighted by atomic mass is 35.5. The minimum Gasteiger partial charge on any atom is -0.384 e. The van der Waals surface area contributed by atoms with Gasteiger partial charge in [0.15, 0.2) is 5.82 Å². The molecule has 208 valence electrons. The molecular weight excluding hydrogens is 547 g/mol. The fourth-order valence-electron chi connectivity index (χ4n) is 4.29. The van der Waals surface area contributed by atoms with E-state index in [1.165, 1.54) is 6.20 Å². The van der Waals surface area contributed by atoms with E-state index in [-0.39, 0.29) is 40.5 Å². The number of aryl methyl sites for hydroxylation is 1. The minimum atomic E-state index is -3.01. The molecule has 0 saturated carbocycles. The molecule has 4 rings (SSSR count). The predicted molar refractivity (Wildman–Crippen MR) is 144 cm³/mol. The summed E-state index contributed by atoms with van der Waals surface area (Å²) in [4.78, 5) is 39.1. The molecule has 3 N–H and O–H groups in total. The number of alkyl halides is 2. The van der Waals surface area contributed by atoms with Crippen LogP contribution in [0.3, 0.4) is 0 Å². The summed E-state index contributed by atoms with van der Waals surface area (Å²) in [6.07, 6.45) is 1.89. The highest BCUT2D eigenvalue weighted by Gasteiger charge is 2.29. The molecule has 1 saturated heterocycles. The van der Waals surface area contributed by atoms with Gasteiger partial charge in [-0.15, -0.1) is 0 Å². The number of benzene rings is 1. The molecule has 0 bridgehead atoms. The summed E-state index contributed by atoms with van der Waals surface area (Å²) < 4.78 is 41.6. The largest absolute Gasteiger partial charge is 0.384 e. The fourth-order valence-corrected chi connectivity index (χ4v) is 4.44. The fraction of sp³-hybridized carbons (Fsp3) is 0.259. The van der Waals surface area contributed by atoms with Crippen LogP contribution in [0.4, 0.5) is 18.9 Å². The summed E-state index contributed by atoms with van der Waals surface area (Å²) in [7, 11) is 0. The van der Waals surface area contributed by atoms with E-state index in [4.69, 9.17) is 17.0 Å². The van der Waals surface area contributed by atoms with Gasteiger partial charge in [-0.2, -0.15) is 0 Å². The Kier molecular flexibility index (Phi) is 8.78. The van der Waals surface area contributed by atoms with Gasteiger partial charge in [0.25, 0.3) is 12.3 Å². The van der Waals surface area contributed by atoms with Crippen molar-refractivity contribution in [3.05, 3.63) is 82.0 Å². The van der Waals surface area contributed by atoms with Crippen molar-refractivity contribution >= 4 is 35.3 Å². The molecule has 0 spiro atoms. The quantitative estimate of drug-likeness (QED) is 0.312. The Morgan fingerprint density at radius 1 is 1.25 bits per heavy atom. The van der Waals surface area contributed by atoms with E-state index in [1.54, 1.807) is 11.0 Å². The summed E-state index contributed by atoms with van der Waals surface area (Å²) in [5, 5.41) is 12.6. The van der Waals surface area contributed by atoms with Crippen molar-refractivity contribution in [1.29, 1.82) is 5.41 Å². The topological polar surface area (TPSA) is 124 Å². The SMILES string of the molecule is Cc1nc(CN/C=C(\C=N)NC(=O)c2cncc(-c3c(C(F)F)ccc(Cl)c3F)n2)ccc1N1C[C@@H](C)CC1=O. The van der Waals surface area contributed by atoms with Gasteiger partial charge in [0.2, 0.25) is 5.91 Å². The van der Waals surface area contributed by atoms with Crippen molar-refractivity contribution in [2.75, 3.05) is 11.4 Å². The summed E-state index contributed by atoms with van der Waals surface area (Å²) in [5.74, 6) is -1.54. The Balaban J connectivity index is 1.44. The van der Waals surface area contributed by atoms with Gasteiger partial charge in [-0.1, -0.05) is 24.6 Å². The maximum atomic E-state index is 14.6. The summed E-state index contributed by atoms with van der Waals surface area (Å²) in [6.45, 7) is 4.76. The number of hydrogen-bond acceptors (Lipinski definition) is 7. The van der Waals surface area contributed by atoms with Gasteiger partial charge in [-0.05, 0) is 31.0 Å². The van der Waals surface area contributed by atoms with E-state index < -0.39 is 29.3 Å². The third-order valence-electron chi connectivity index (χ3n) is 6.16. The first-order chi connectivity index (χ1) is 19.1. The van der Waals surface area contributed by atoms with Crippen molar-refractivity contribution in [3.8, 4) is 11.3 Å². The van der Waals surface area contributed by atoms with Gasteiger partial charge in [-0.25, -0.2) is 18.2 Å². The Morgan fingerprint density at radius 2 is 2.02 bits per heavy atom. The minimum absolute atomic E-state index is 0.0596. The Labute approximate surface area is 233 Å². The number of allylic oxidation sites excluding steroid dienone is 1. The van der Waals surface area contributed by atoms with Crippen LogP contribution in [-0.4, -0.2) is 39.5 Å². The average Bonchev–Trinajstić information content (AvgIpc) is 3.26. The first kappa shape index (κ1) is 28.7. The van der Waals surface area contributed by atoms with E-state index in [2.05, 4.69) is 25.6 Å². The van der Waals surface area contributed by atoms with Crippen molar-refractivity contribution in [2.24, 2.45) is 5.92 Å². The van der Waals surface area contributed by atoms with E-state index in [0.717, 1.165) is 36.4 Å². The van der Waals surface area contributed by atoms with E-state index >= 15 is 0 Å². The number of rotatable bonds is 9. The lowest BCUT2D eigenvalue weighted by atomic mass is 10.0. The maximum absolute atomic E-state index is 14.6. The predicted octanol–water partition coefficient (Wildman–Crippen LogP) is 4.96. The zero-order chi connectivity index (χ0) is 29.0. The van der Waals surface area contributed by atoms with Gasteiger partial charge >= 0.3 is 0 Å². The van der Waals surface area contributed by atoms with Crippen LogP contribution in [0.5, 0.6) is 0 Å². The molecule has 3 aromatic rings. The molecule has 0 unspecified atom stereocenters. The van der Waals surface area contributed by atoms with Crippen LogP contribution < -0.4 is 15.5 Å². The lowest BCUT2D eigenvalue weighted by Gasteiger charge is -2.18. The lowest BCUT2D eigenvalue weighted by Crippen LogP contribution is -2.26. The summed E-state index contributed by atoms with van der Waals surface area (Å²) in [5.41, 5.74) is 0.427. The van der Waals surface area contributed by atoms with Crippen molar-refractivity contribution in [1.82, 2.24) is 25.6 Å². The van der Waals surface area contributed by atoms with Gasteiger partial charge in [0, 0.05) is 36.5 Å². The molecule has 13 heteroatoms. The summed E-state index contributed by atoms with van der Waals surface area (Å²) >= 11 is 5.77. The number of hydrogen-bond donors (Lipinski definition) is 3. The zero-order valence-electron chi connectivity index (χ0n) is 21.5. The molecule has 9 nitrogen and oxygen atoms in total. The number of carbonyl (C=O) groups excluding carboxylic acids is 2. The normalized spacial score (nSPS) is 15.5. The molecule has 2 aromatic heterocycles. The van der Waals surface area contributed by atoms with Crippen LogP contribution in [-0.2, 0) is 11.3 Å². The molecule has 1 aliphatic heterocycles. The van der Waals surface area contributed by atoms with Crippen LogP contribution in [0.2, 0.25) is 5.02 Å².